The molecule has 0 aliphatic carbocycles. The number of rotatable bonds is 4. The van der Waals surface area contributed by atoms with Crippen molar-refractivity contribution in [2.45, 2.75) is 31.7 Å². The molecule has 0 bridgehead atoms. The average Bonchev–Trinajstić information content (AvgIpc) is 2.81. The molecule has 1 fully saturated rings. The Labute approximate surface area is 97.0 Å². The Morgan fingerprint density at radius 1 is 1.50 bits per heavy atom. The molecule has 1 aromatic rings. The van der Waals surface area contributed by atoms with Crippen molar-refractivity contribution in [3.63, 3.8) is 0 Å². The maximum absolute atomic E-state index is 5.95. The lowest BCUT2D eigenvalue weighted by molar-refractivity contribution is 0.414. The van der Waals surface area contributed by atoms with E-state index in [1.807, 2.05) is 18.2 Å². The van der Waals surface area contributed by atoms with Gasteiger partial charge in [-0.05, 0) is 56.0 Å². The largest absolute Gasteiger partial charge is 0.497 e. The van der Waals surface area contributed by atoms with Gasteiger partial charge in [-0.15, -0.1) is 0 Å². The molecule has 16 heavy (non-hydrogen) atoms. The molecule has 1 aromatic carbocycles. The first-order chi connectivity index (χ1) is 7.79. The Bertz CT molecular complexity index is 346. The molecule has 1 aliphatic heterocycles. The van der Waals surface area contributed by atoms with Crippen molar-refractivity contribution in [1.29, 1.82) is 0 Å². The molecule has 0 radical (unpaired) electrons. The van der Waals surface area contributed by atoms with E-state index in [9.17, 15) is 0 Å². The monoisotopic (exact) mass is 220 g/mol. The molecular formula is C13H20N2O. The summed E-state index contributed by atoms with van der Waals surface area (Å²) < 4.78 is 5.21. The van der Waals surface area contributed by atoms with Crippen molar-refractivity contribution in [2.24, 2.45) is 0 Å². The summed E-state index contributed by atoms with van der Waals surface area (Å²) in [7, 11) is 1.69. The van der Waals surface area contributed by atoms with Crippen molar-refractivity contribution in [3.8, 4) is 5.75 Å². The van der Waals surface area contributed by atoms with Crippen LogP contribution in [0.5, 0.6) is 5.75 Å². The van der Waals surface area contributed by atoms with E-state index >= 15 is 0 Å². The van der Waals surface area contributed by atoms with Crippen molar-refractivity contribution in [1.82, 2.24) is 5.32 Å². The van der Waals surface area contributed by atoms with E-state index < -0.39 is 0 Å². The molecule has 1 heterocycles. The topological polar surface area (TPSA) is 47.3 Å². The maximum Gasteiger partial charge on any atom is 0.119 e. The van der Waals surface area contributed by atoms with E-state index in [0.717, 1.165) is 30.8 Å². The van der Waals surface area contributed by atoms with Gasteiger partial charge in [0, 0.05) is 11.7 Å². The first-order valence-corrected chi connectivity index (χ1v) is 5.95. The zero-order valence-corrected chi connectivity index (χ0v) is 9.83. The van der Waals surface area contributed by atoms with Crippen LogP contribution in [0, 0.1) is 0 Å². The van der Waals surface area contributed by atoms with Crippen LogP contribution in [0.2, 0.25) is 0 Å². The molecule has 1 unspecified atom stereocenters. The van der Waals surface area contributed by atoms with Crippen LogP contribution in [-0.2, 0) is 6.42 Å². The molecule has 0 aromatic heterocycles. The molecule has 0 saturated carbocycles. The van der Waals surface area contributed by atoms with Crippen LogP contribution < -0.4 is 15.8 Å². The predicted octanol–water partition coefficient (Wildman–Crippen LogP) is 1.96. The van der Waals surface area contributed by atoms with Gasteiger partial charge in [0.2, 0.25) is 0 Å². The summed E-state index contributed by atoms with van der Waals surface area (Å²) in [5, 5.41) is 3.50. The van der Waals surface area contributed by atoms with Gasteiger partial charge in [0.25, 0.3) is 0 Å². The van der Waals surface area contributed by atoms with Gasteiger partial charge >= 0.3 is 0 Å². The Morgan fingerprint density at radius 2 is 2.38 bits per heavy atom. The van der Waals surface area contributed by atoms with Gasteiger partial charge in [0.15, 0.2) is 0 Å². The molecule has 0 spiro atoms. The van der Waals surface area contributed by atoms with Crippen LogP contribution >= 0.6 is 0 Å². The standard InChI is InChI=1S/C13H20N2O/c1-16-12-6-7-13(14)10(9-12)4-5-11-3-2-8-15-11/h6-7,9,11,15H,2-5,8,14H2,1H3. The predicted molar refractivity (Wildman–Crippen MR) is 66.8 cm³/mol. The molecule has 3 heteroatoms. The minimum Gasteiger partial charge on any atom is -0.497 e. The summed E-state index contributed by atoms with van der Waals surface area (Å²) in [5.74, 6) is 0.892. The molecule has 1 atom stereocenters. The number of nitrogens with one attached hydrogen (secondary N) is 1. The quantitative estimate of drug-likeness (QED) is 0.763. The van der Waals surface area contributed by atoms with E-state index in [-0.39, 0.29) is 0 Å². The van der Waals surface area contributed by atoms with Gasteiger partial charge in [-0.1, -0.05) is 0 Å². The number of ether oxygens (including phenoxy) is 1. The molecule has 1 saturated heterocycles. The zero-order chi connectivity index (χ0) is 11.4. The highest BCUT2D eigenvalue weighted by molar-refractivity contribution is 5.50. The second-order valence-electron chi connectivity index (χ2n) is 4.40. The summed E-state index contributed by atoms with van der Waals surface area (Å²) in [6, 6.07) is 6.55. The number of hydrogen-bond acceptors (Lipinski definition) is 3. The van der Waals surface area contributed by atoms with Crippen molar-refractivity contribution >= 4 is 5.69 Å². The molecule has 3 nitrogen and oxygen atoms in total. The van der Waals surface area contributed by atoms with Gasteiger partial charge in [-0.25, -0.2) is 0 Å². The van der Waals surface area contributed by atoms with Crippen LogP contribution in [0.1, 0.15) is 24.8 Å². The summed E-state index contributed by atoms with van der Waals surface area (Å²) >= 11 is 0. The normalized spacial score (nSPS) is 19.9. The molecule has 2 rings (SSSR count). The highest BCUT2D eigenvalue weighted by Gasteiger charge is 2.14. The average molecular weight is 220 g/mol. The lowest BCUT2D eigenvalue weighted by Crippen LogP contribution is -2.21. The maximum atomic E-state index is 5.95. The minimum atomic E-state index is 0.672. The van der Waals surface area contributed by atoms with Crippen LogP contribution in [0.4, 0.5) is 5.69 Å². The highest BCUT2D eigenvalue weighted by Crippen LogP contribution is 2.22. The van der Waals surface area contributed by atoms with Gasteiger partial charge in [0.05, 0.1) is 7.11 Å². The number of aryl methyl sites for hydroxylation is 1. The van der Waals surface area contributed by atoms with Crippen molar-refractivity contribution < 1.29 is 4.74 Å². The molecule has 0 amide bonds. The number of methoxy groups -OCH3 is 1. The van der Waals surface area contributed by atoms with E-state index in [0.29, 0.717) is 6.04 Å². The van der Waals surface area contributed by atoms with E-state index in [1.165, 1.54) is 18.4 Å². The summed E-state index contributed by atoms with van der Waals surface area (Å²) in [5.41, 5.74) is 8.03. The van der Waals surface area contributed by atoms with E-state index in [1.54, 1.807) is 7.11 Å². The van der Waals surface area contributed by atoms with Gasteiger partial charge in [0.1, 0.15) is 5.75 Å². The number of nitrogen functional groups attached to an aromatic ring is 1. The fourth-order valence-corrected chi connectivity index (χ4v) is 2.26. The molecule has 1 aliphatic rings. The van der Waals surface area contributed by atoms with E-state index in [2.05, 4.69) is 5.32 Å². The second kappa shape index (κ2) is 5.21. The third kappa shape index (κ3) is 2.67. The SMILES string of the molecule is COc1ccc(N)c(CCC2CCCN2)c1. The molecule has 3 N–H and O–H groups in total. The molecular weight excluding hydrogens is 200 g/mol. The van der Waals surface area contributed by atoms with Gasteiger partial charge in [-0.2, -0.15) is 0 Å². The number of benzene rings is 1. The van der Waals surface area contributed by atoms with Crippen LogP contribution in [0.15, 0.2) is 18.2 Å². The number of hydrogen-bond donors (Lipinski definition) is 2. The van der Waals surface area contributed by atoms with Crippen LogP contribution in [-0.4, -0.2) is 19.7 Å². The van der Waals surface area contributed by atoms with Crippen LogP contribution in [0.3, 0.4) is 0 Å². The Balaban J connectivity index is 1.96. The lowest BCUT2D eigenvalue weighted by Gasteiger charge is -2.12. The van der Waals surface area contributed by atoms with Crippen molar-refractivity contribution in [2.75, 3.05) is 19.4 Å². The second-order valence-corrected chi connectivity index (χ2v) is 4.40. The minimum absolute atomic E-state index is 0.672. The lowest BCUT2D eigenvalue weighted by atomic mass is 10.0. The van der Waals surface area contributed by atoms with Gasteiger partial charge < -0.3 is 15.8 Å². The fourth-order valence-electron chi connectivity index (χ4n) is 2.26. The third-order valence-electron chi connectivity index (χ3n) is 3.27. The summed E-state index contributed by atoms with van der Waals surface area (Å²) in [4.78, 5) is 0. The summed E-state index contributed by atoms with van der Waals surface area (Å²) in [6.07, 6.45) is 4.79. The Morgan fingerprint density at radius 3 is 3.06 bits per heavy atom. The smallest absolute Gasteiger partial charge is 0.119 e. The fraction of sp³-hybridized carbons (Fsp3) is 0.538. The highest BCUT2D eigenvalue weighted by atomic mass is 16.5. The third-order valence-corrected chi connectivity index (χ3v) is 3.27. The molecule has 88 valence electrons. The number of nitrogens with two attached hydrogens (primary N) is 1. The Kier molecular flexibility index (Phi) is 3.67. The van der Waals surface area contributed by atoms with Crippen LogP contribution in [0.25, 0.3) is 0 Å². The Hall–Kier alpha value is -1.22. The summed E-state index contributed by atoms with van der Waals surface area (Å²) in [6.45, 7) is 1.16. The first-order valence-electron chi connectivity index (χ1n) is 5.95. The zero-order valence-electron chi connectivity index (χ0n) is 9.83. The van der Waals surface area contributed by atoms with E-state index in [4.69, 9.17) is 10.5 Å². The first kappa shape index (κ1) is 11.3. The van der Waals surface area contributed by atoms with Gasteiger partial charge in [-0.3, -0.25) is 0 Å². The van der Waals surface area contributed by atoms with Crippen molar-refractivity contribution in [3.05, 3.63) is 23.8 Å². The number of anilines is 1.